The number of halogens is 1. The molecule has 0 fully saturated rings. The Morgan fingerprint density at radius 3 is 2.55 bits per heavy atom. The highest BCUT2D eigenvalue weighted by Gasteiger charge is 2.13. The minimum absolute atomic E-state index is 0.126. The van der Waals surface area contributed by atoms with Crippen molar-refractivity contribution in [2.75, 3.05) is 0 Å². The van der Waals surface area contributed by atoms with E-state index in [9.17, 15) is 9.18 Å². The Morgan fingerprint density at radius 2 is 2.00 bits per heavy atom. The van der Waals surface area contributed by atoms with Crippen molar-refractivity contribution in [1.29, 1.82) is 0 Å². The predicted molar refractivity (Wildman–Crippen MR) is 84.6 cm³/mol. The zero-order valence-electron chi connectivity index (χ0n) is 13.2. The summed E-state index contributed by atoms with van der Waals surface area (Å²) in [6.07, 6.45) is 3.28. The van der Waals surface area contributed by atoms with Gasteiger partial charge in [0.1, 0.15) is 5.82 Å². The van der Waals surface area contributed by atoms with E-state index < -0.39 is 0 Å². The van der Waals surface area contributed by atoms with Gasteiger partial charge in [-0.2, -0.15) is 5.10 Å². The summed E-state index contributed by atoms with van der Waals surface area (Å²) in [4.78, 5) is 12.1. The van der Waals surface area contributed by atoms with Gasteiger partial charge in [0.2, 0.25) is 5.91 Å². The number of rotatable bonds is 4. The third-order valence-corrected chi connectivity index (χ3v) is 3.75. The summed E-state index contributed by atoms with van der Waals surface area (Å²) >= 11 is 0. The standard InChI is InChI=1S/C17H20FN3O/c1-11(14-5-7-15(18)8-6-14)9-17(22)20-12(2)16-10-19-21(4)13(16)3/h5-10,12H,1-4H3,(H,20,22)/b11-9-/t12-/m0/s1. The van der Waals surface area contributed by atoms with Gasteiger partial charge in [0.25, 0.3) is 0 Å². The SMILES string of the molecule is C/C(=C/C(=O)N[C@@H](C)c1cnn(C)c1C)c1ccc(F)cc1. The number of amides is 1. The largest absolute Gasteiger partial charge is 0.346 e. The van der Waals surface area contributed by atoms with E-state index in [1.165, 1.54) is 18.2 Å². The molecule has 5 heteroatoms. The quantitative estimate of drug-likeness (QED) is 0.882. The first-order valence-electron chi connectivity index (χ1n) is 7.11. The number of benzene rings is 1. The highest BCUT2D eigenvalue weighted by Crippen LogP contribution is 2.17. The number of aryl methyl sites for hydroxylation is 1. The van der Waals surface area contributed by atoms with E-state index in [0.717, 1.165) is 22.4 Å². The molecule has 0 aliphatic rings. The van der Waals surface area contributed by atoms with Crippen LogP contribution in [0.2, 0.25) is 0 Å². The van der Waals surface area contributed by atoms with Gasteiger partial charge in [-0.1, -0.05) is 12.1 Å². The van der Waals surface area contributed by atoms with Crippen LogP contribution in [0.25, 0.3) is 5.57 Å². The first-order valence-corrected chi connectivity index (χ1v) is 7.11. The molecule has 22 heavy (non-hydrogen) atoms. The number of aromatic nitrogens is 2. The average Bonchev–Trinajstić information content (AvgIpc) is 2.79. The fourth-order valence-electron chi connectivity index (χ4n) is 2.27. The van der Waals surface area contributed by atoms with Crippen LogP contribution < -0.4 is 5.32 Å². The van der Waals surface area contributed by atoms with Crippen LogP contribution in [0.4, 0.5) is 4.39 Å². The Labute approximate surface area is 129 Å². The molecule has 0 saturated heterocycles. The minimum atomic E-state index is -0.290. The molecular weight excluding hydrogens is 281 g/mol. The van der Waals surface area contributed by atoms with E-state index >= 15 is 0 Å². The molecule has 4 nitrogen and oxygen atoms in total. The van der Waals surface area contributed by atoms with Crippen molar-refractivity contribution in [2.45, 2.75) is 26.8 Å². The van der Waals surface area contributed by atoms with Crippen LogP contribution >= 0.6 is 0 Å². The van der Waals surface area contributed by atoms with Gasteiger partial charge in [-0.25, -0.2) is 4.39 Å². The number of hydrogen-bond donors (Lipinski definition) is 1. The van der Waals surface area contributed by atoms with E-state index in [4.69, 9.17) is 0 Å². The number of allylic oxidation sites excluding steroid dienone is 1. The van der Waals surface area contributed by atoms with E-state index in [1.54, 1.807) is 23.0 Å². The second-order valence-corrected chi connectivity index (χ2v) is 5.37. The van der Waals surface area contributed by atoms with Crippen LogP contribution in [0.15, 0.2) is 36.5 Å². The highest BCUT2D eigenvalue weighted by molar-refractivity contribution is 5.95. The summed E-state index contributed by atoms with van der Waals surface area (Å²) < 4.78 is 14.7. The first kappa shape index (κ1) is 15.9. The van der Waals surface area contributed by atoms with E-state index in [2.05, 4.69) is 10.4 Å². The lowest BCUT2D eigenvalue weighted by Gasteiger charge is -2.12. The van der Waals surface area contributed by atoms with Gasteiger partial charge < -0.3 is 5.32 Å². The van der Waals surface area contributed by atoms with Gasteiger partial charge in [-0.3, -0.25) is 9.48 Å². The molecule has 2 rings (SSSR count). The molecule has 1 aromatic carbocycles. The molecule has 1 aromatic heterocycles. The van der Waals surface area contributed by atoms with Crippen LogP contribution in [0, 0.1) is 12.7 Å². The summed E-state index contributed by atoms with van der Waals surface area (Å²) in [6, 6.07) is 5.95. The van der Waals surface area contributed by atoms with Gasteiger partial charge in [0, 0.05) is 24.4 Å². The van der Waals surface area contributed by atoms with Gasteiger partial charge in [-0.05, 0) is 44.0 Å². The Morgan fingerprint density at radius 1 is 1.36 bits per heavy atom. The second kappa shape index (κ2) is 6.56. The number of carbonyl (C=O) groups excluding carboxylic acids is 1. The molecular formula is C17H20FN3O. The predicted octanol–water partition coefficient (Wildman–Crippen LogP) is 3.15. The van der Waals surface area contributed by atoms with Crippen LogP contribution in [0.1, 0.15) is 36.7 Å². The normalized spacial score (nSPS) is 13.0. The maximum atomic E-state index is 12.9. The van der Waals surface area contributed by atoms with Crippen LogP contribution in [0.5, 0.6) is 0 Å². The molecule has 0 aliphatic heterocycles. The van der Waals surface area contributed by atoms with Crippen molar-refractivity contribution in [3.8, 4) is 0 Å². The molecule has 0 spiro atoms. The number of carbonyl (C=O) groups is 1. The van der Waals surface area contributed by atoms with E-state index in [0.29, 0.717) is 0 Å². The summed E-state index contributed by atoms with van der Waals surface area (Å²) in [5.41, 5.74) is 3.62. The van der Waals surface area contributed by atoms with Crippen LogP contribution in [-0.2, 0) is 11.8 Å². The number of nitrogens with one attached hydrogen (secondary N) is 1. The lowest BCUT2D eigenvalue weighted by molar-refractivity contribution is -0.117. The molecule has 1 heterocycles. The zero-order chi connectivity index (χ0) is 16.3. The maximum Gasteiger partial charge on any atom is 0.244 e. The number of nitrogens with zero attached hydrogens (tertiary/aromatic N) is 2. The Hall–Kier alpha value is -2.43. The van der Waals surface area contributed by atoms with Crippen molar-refractivity contribution in [3.63, 3.8) is 0 Å². The molecule has 116 valence electrons. The van der Waals surface area contributed by atoms with E-state index in [-0.39, 0.29) is 17.8 Å². The summed E-state index contributed by atoms with van der Waals surface area (Å²) in [5.74, 6) is -0.473. The second-order valence-electron chi connectivity index (χ2n) is 5.37. The monoisotopic (exact) mass is 301 g/mol. The molecule has 0 unspecified atom stereocenters. The third-order valence-electron chi connectivity index (χ3n) is 3.75. The van der Waals surface area contributed by atoms with Crippen molar-refractivity contribution in [3.05, 3.63) is 59.2 Å². The Kier molecular flexibility index (Phi) is 4.75. The van der Waals surface area contributed by atoms with Gasteiger partial charge >= 0.3 is 0 Å². The molecule has 0 radical (unpaired) electrons. The molecule has 0 aliphatic carbocycles. The topological polar surface area (TPSA) is 46.9 Å². The van der Waals surface area contributed by atoms with Crippen molar-refractivity contribution in [2.24, 2.45) is 7.05 Å². The van der Waals surface area contributed by atoms with Gasteiger partial charge in [0.05, 0.1) is 12.2 Å². The zero-order valence-corrected chi connectivity index (χ0v) is 13.2. The maximum absolute atomic E-state index is 12.9. The fourth-order valence-corrected chi connectivity index (χ4v) is 2.27. The molecule has 0 saturated carbocycles. The van der Waals surface area contributed by atoms with Gasteiger partial charge in [0.15, 0.2) is 0 Å². The van der Waals surface area contributed by atoms with Gasteiger partial charge in [-0.15, -0.1) is 0 Å². The average molecular weight is 301 g/mol. The molecule has 1 amide bonds. The van der Waals surface area contributed by atoms with Crippen molar-refractivity contribution in [1.82, 2.24) is 15.1 Å². The molecule has 2 aromatic rings. The smallest absolute Gasteiger partial charge is 0.244 e. The van der Waals surface area contributed by atoms with Crippen LogP contribution in [-0.4, -0.2) is 15.7 Å². The molecule has 1 N–H and O–H groups in total. The Balaban J connectivity index is 2.07. The molecule has 0 bridgehead atoms. The fraction of sp³-hybridized carbons (Fsp3) is 0.294. The van der Waals surface area contributed by atoms with Crippen molar-refractivity contribution < 1.29 is 9.18 Å². The summed E-state index contributed by atoms with van der Waals surface area (Å²) in [5, 5.41) is 7.10. The summed E-state index contributed by atoms with van der Waals surface area (Å²) in [6.45, 7) is 5.71. The third kappa shape index (κ3) is 3.61. The number of hydrogen-bond acceptors (Lipinski definition) is 2. The first-order chi connectivity index (χ1) is 10.4. The van der Waals surface area contributed by atoms with Crippen molar-refractivity contribution >= 4 is 11.5 Å². The lowest BCUT2D eigenvalue weighted by Crippen LogP contribution is -2.25. The molecule has 1 atom stereocenters. The Bertz CT molecular complexity index is 701. The lowest BCUT2D eigenvalue weighted by atomic mass is 10.1. The summed E-state index contributed by atoms with van der Waals surface area (Å²) in [7, 11) is 1.87. The highest BCUT2D eigenvalue weighted by atomic mass is 19.1. The minimum Gasteiger partial charge on any atom is -0.346 e. The van der Waals surface area contributed by atoms with Crippen LogP contribution in [0.3, 0.4) is 0 Å². The van der Waals surface area contributed by atoms with E-state index in [1.807, 2.05) is 27.8 Å².